The van der Waals surface area contributed by atoms with E-state index in [1.165, 1.54) is 24.3 Å². The molecule has 0 saturated heterocycles. The number of ketones is 1. The van der Waals surface area contributed by atoms with Gasteiger partial charge in [0.2, 0.25) is 5.91 Å². The summed E-state index contributed by atoms with van der Waals surface area (Å²) in [5.41, 5.74) is 1.21. The van der Waals surface area contributed by atoms with Crippen molar-refractivity contribution in [3.05, 3.63) is 123 Å². The lowest BCUT2D eigenvalue weighted by Gasteiger charge is -2.24. The fraction of sp³-hybridized carbons (Fsp3) is 0.0370. The second-order valence-corrected chi connectivity index (χ2v) is 11.3. The van der Waals surface area contributed by atoms with Crippen LogP contribution in [0, 0.1) is 3.57 Å². The fourth-order valence-corrected chi connectivity index (χ4v) is 5.49. The maximum Gasteiger partial charge on any atom is 0.264 e. The molecule has 6 nitrogen and oxygen atoms in total. The van der Waals surface area contributed by atoms with Crippen molar-refractivity contribution in [1.29, 1.82) is 0 Å². The van der Waals surface area contributed by atoms with Gasteiger partial charge >= 0.3 is 0 Å². The second kappa shape index (κ2) is 11.2. The third-order valence-corrected chi connectivity index (χ3v) is 8.01. The van der Waals surface area contributed by atoms with Crippen molar-refractivity contribution in [3.63, 3.8) is 0 Å². The lowest BCUT2D eigenvalue weighted by molar-refractivity contribution is -0.114. The number of carbonyl (C=O) groups excluding carboxylic acids is 2. The SMILES string of the molecule is O=C(CN(c1ccc(I)cc1)S(=O)(=O)c1ccccc1)Nc1ccc(Cl)cc1C(=O)c1ccccc1. The number of carbonyl (C=O) groups is 2. The zero-order chi connectivity index (χ0) is 25.7. The summed E-state index contributed by atoms with van der Waals surface area (Å²) in [7, 11) is -4.05. The summed E-state index contributed by atoms with van der Waals surface area (Å²) in [6, 6.07) is 27.9. The highest BCUT2D eigenvalue weighted by Gasteiger charge is 2.27. The number of anilines is 2. The smallest absolute Gasteiger partial charge is 0.264 e. The van der Waals surface area contributed by atoms with E-state index in [-0.39, 0.29) is 21.9 Å². The summed E-state index contributed by atoms with van der Waals surface area (Å²) in [5.74, 6) is -0.933. The summed E-state index contributed by atoms with van der Waals surface area (Å²) in [6.07, 6.45) is 0. The van der Waals surface area contributed by atoms with Crippen LogP contribution in [0.1, 0.15) is 15.9 Å². The Balaban J connectivity index is 1.66. The molecule has 0 atom stereocenters. The Morgan fingerprint density at radius 1 is 0.833 bits per heavy atom. The van der Waals surface area contributed by atoms with E-state index in [1.54, 1.807) is 78.9 Å². The van der Waals surface area contributed by atoms with Gasteiger partial charge < -0.3 is 5.32 Å². The first-order valence-corrected chi connectivity index (χ1v) is 13.7. The minimum Gasteiger partial charge on any atom is -0.324 e. The summed E-state index contributed by atoms with van der Waals surface area (Å²) in [6.45, 7) is -0.501. The average molecular weight is 631 g/mol. The predicted octanol–water partition coefficient (Wildman–Crippen LogP) is 6.01. The first-order valence-electron chi connectivity index (χ1n) is 10.8. The fourth-order valence-electron chi connectivity index (χ4n) is 3.52. The molecular formula is C27H20ClIN2O4S. The van der Waals surface area contributed by atoms with E-state index in [2.05, 4.69) is 27.9 Å². The van der Waals surface area contributed by atoms with Crippen molar-refractivity contribution < 1.29 is 18.0 Å². The van der Waals surface area contributed by atoms with Crippen LogP contribution in [-0.2, 0) is 14.8 Å². The van der Waals surface area contributed by atoms with Gasteiger partial charge in [0, 0.05) is 19.7 Å². The van der Waals surface area contributed by atoms with Crippen molar-refractivity contribution in [2.45, 2.75) is 4.90 Å². The van der Waals surface area contributed by atoms with Crippen molar-refractivity contribution in [1.82, 2.24) is 0 Å². The molecule has 182 valence electrons. The number of nitrogens with one attached hydrogen (secondary N) is 1. The molecule has 0 spiro atoms. The number of amides is 1. The van der Waals surface area contributed by atoms with E-state index < -0.39 is 22.5 Å². The number of nitrogens with zero attached hydrogens (tertiary/aromatic N) is 1. The summed E-state index contributed by atoms with van der Waals surface area (Å²) >= 11 is 8.26. The summed E-state index contributed by atoms with van der Waals surface area (Å²) in [4.78, 5) is 26.3. The molecule has 0 unspecified atom stereocenters. The van der Waals surface area contributed by atoms with E-state index in [0.717, 1.165) is 7.88 Å². The van der Waals surface area contributed by atoms with Crippen LogP contribution in [0.5, 0.6) is 0 Å². The van der Waals surface area contributed by atoms with Gasteiger partial charge in [-0.2, -0.15) is 0 Å². The van der Waals surface area contributed by atoms with Gasteiger partial charge in [0.05, 0.1) is 16.3 Å². The molecule has 0 aromatic heterocycles. The van der Waals surface area contributed by atoms with Gasteiger partial charge in [-0.15, -0.1) is 0 Å². The molecule has 0 aliphatic rings. The monoisotopic (exact) mass is 630 g/mol. The molecule has 0 bridgehead atoms. The van der Waals surface area contributed by atoms with Gasteiger partial charge in [0.15, 0.2) is 5.78 Å². The second-order valence-electron chi connectivity index (χ2n) is 7.73. The number of sulfonamides is 1. The van der Waals surface area contributed by atoms with Gasteiger partial charge in [-0.25, -0.2) is 8.42 Å². The molecule has 0 aliphatic heterocycles. The molecule has 0 aliphatic carbocycles. The molecule has 0 radical (unpaired) electrons. The number of hydrogen-bond acceptors (Lipinski definition) is 4. The molecule has 0 saturated carbocycles. The minimum absolute atomic E-state index is 0.0581. The number of benzene rings is 4. The molecule has 0 fully saturated rings. The number of hydrogen-bond donors (Lipinski definition) is 1. The highest BCUT2D eigenvalue weighted by Crippen LogP contribution is 2.26. The Morgan fingerprint density at radius 2 is 1.44 bits per heavy atom. The Hall–Kier alpha value is -3.21. The van der Waals surface area contributed by atoms with Crippen molar-refractivity contribution in [2.75, 3.05) is 16.2 Å². The van der Waals surface area contributed by atoms with Crippen LogP contribution in [0.4, 0.5) is 11.4 Å². The summed E-state index contributed by atoms with van der Waals surface area (Å²) in [5, 5.41) is 3.03. The Morgan fingerprint density at radius 3 is 2.08 bits per heavy atom. The standard InChI is InChI=1S/C27H20ClIN2O4S/c28-20-11-16-25(24(17-20)27(33)19-7-3-1-4-8-19)30-26(32)18-31(22-14-12-21(29)13-15-22)36(34,35)23-9-5-2-6-10-23/h1-17H,18H2,(H,30,32). The van der Waals surface area contributed by atoms with Crippen LogP contribution in [0.3, 0.4) is 0 Å². The first kappa shape index (κ1) is 25.9. The van der Waals surface area contributed by atoms with Crippen molar-refractivity contribution >= 4 is 67.3 Å². The van der Waals surface area contributed by atoms with E-state index in [9.17, 15) is 18.0 Å². The molecule has 9 heteroatoms. The Bertz CT molecular complexity index is 1500. The van der Waals surface area contributed by atoms with E-state index >= 15 is 0 Å². The van der Waals surface area contributed by atoms with Crippen LogP contribution in [0.15, 0.2) is 108 Å². The number of halogens is 2. The van der Waals surface area contributed by atoms with Gasteiger partial charge in [0.1, 0.15) is 6.54 Å². The molecule has 0 heterocycles. The van der Waals surface area contributed by atoms with Crippen LogP contribution in [0.25, 0.3) is 0 Å². The largest absolute Gasteiger partial charge is 0.324 e. The lowest BCUT2D eigenvalue weighted by Crippen LogP contribution is -2.38. The maximum atomic E-state index is 13.5. The summed E-state index contributed by atoms with van der Waals surface area (Å²) < 4.78 is 28.9. The zero-order valence-corrected chi connectivity index (χ0v) is 22.5. The molecule has 4 rings (SSSR count). The highest BCUT2D eigenvalue weighted by atomic mass is 127. The van der Waals surface area contributed by atoms with Gasteiger partial charge in [-0.1, -0.05) is 60.1 Å². The van der Waals surface area contributed by atoms with Crippen LogP contribution < -0.4 is 9.62 Å². The topological polar surface area (TPSA) is 83.6 Å². The van der Waals surface area contributed by atoms with Crippen LogP contribution >= 0.6 is 34.2 Å². The van der Waals surface area contributed by atoms with Gasteiger partial charge in [-0.05, 0) is 77.2 Å². The van der Waals surface area contributed by atoms with Gasteiger partial charge in [-0.3, -0.25) is 13.9 Å². The van der Waals surface area contributed by atoms with E-state index in [0.29, 0.717) is 16.3 Å². The van der Waals surface area contributed by atoms with Crippen molar-refractivity contribution in [2.24, 2.45) is 0 Å². The third kappa shape index (κ3) is 5.95. The zero-order valence-electron chi connectivity index (χ0n) is 18.8. The first-order chi connectivity index (χ1) is 17.3. The number of rotatable bonds is 8. The van der Waals surface area contributed by atoms with Gasteiger partial charge in [0.25, 0.3) is 10.0 Å². The van der Waals surface area contributed by atoms with E-state index in [4.69, 9.17) is 11.6 Å². The molecular weight excluding hydrogens is 611 g/mol. The Labute approximate surface area is 228 Å². The minimum atomic E-state index is -4.05. The molecule has 4 aromatic carbocycles. The average Bonchev–Trinajstić information content (AvgIpc) is 2.89. The maximum absolute atomic E-state index is 13.5. The quantitative estimate of drug-likeness (QED) is 0.191. The van der Waals surface area contributed by atoms with Crippen LogP contribution in [0.2, 0.25) is 5.02 Å². The molecule has 1 amide bonds. The highest BCUT2D eigenvalue weighted by molar-refractivity contribution is 14.1. The Kier molecular flexibility index (Phi) is 8.07. The van der Waals surface area contributed by atoms with Crippen LogP contribution in [-0.4, -0.2) is 26.7 Å². The molecule has 36 heavy (non-hydrogen) atoms. The normalized spacial score (nSPS) is 11.1. The van der Waals surface area contributed by atoms with Crippen molar-refractivity contribution in [3.8, 4) is 0 Å². The predicted molar refractivity (Wildman–Crippen MR) is 150 cm³/mol. The molecule has 4 aromatic rings. The van der Waals surface area contributed by atoms with E-state index in [1.807, 2.05) is 0 Å². The lowest BCUT2D eigenvalue weighted by atomic mass is 10.0. The molecule has 1 N–H and O–H groups in total. The third-order valence-electron chi connectivity index (χ3n) is 5.27.